The van der Waals surface area contributed by atoms with E-state index in [1.54, 1.807) is 35.2 Å². The molecule has 2 amide bonds. The van der Waals surface area contributed by atoms with Crippen molar-refractivity contribution in [2.75, 3.05) is 6.54 Å². The number of rotatable bonds is 5. The molecule has 6 heteroatoms. The second-order valence-corrected chi connectivity index (χ2v) is 6.55. The number of hydrogen-bond donors (Lipinski definition) is 1. The van der Waals surface area contributed by atoms with Crippen LogP contribution in [0.25, 0.3) is 0 Å². The molecule has 3 rings (SSSR count). The summed E-state index contributed by atoms with van der Waals surface area (Å²) >= 11 is 5.86. The quantitative estimate of drug-likeness (QED) is 0.890. The fourth-order valence-corrected chi connectivity index (χ4v) is 3.01. The van der Waals surface area contributed by atoms with Crippen molar-refractivity contribution in [3.63, 3.8) is 0 Å². The van der Waals surface area contributed by atoms with Crippen LogP contribution >= 0.6 is 11.6 Å². The molecule has 1 unspecified atom stereocenters. The normalized spacial score (nSPS) is 17.0. The van der Waals surface area contributed by atoms with Crippen molar-refractivity contribution in [1.29, 1.82) is 0 Å². The minimum absolute atomic E-state index is 0.0546. The highest BCUT2D eigenvalue weighted by atomic mass is 35.5. The predicted molar refractivity (Wildman–Crippen MR) is 93.2 cm³/mol. The van der Waals surface area contributed by atoms with Gasteiger partial charge in [0.1, 0.15) is 5.82 Å². The van der Waals surface area contributed by atoms with Crippen LogP contribution in [-0.4, -0.2) is 23.3 Å². The summed E-state index contributed by atoms with van der Waals surface area (Å²) in [4.78, 5) is 26.1. The van der Waals surface area contributed by atoms with Gasteiger partial charge in [0.05, 0.1) is 5.92 Å². The summed E-state index contributed by atoms with van der Waals surface area (Å²) < 4.78 is 13.6. The zero-order valence-electron chi connectivity index (χ0n) is 13.5. The van der Waals surface area contributed by atoms with E-state index in [0.29, 0.717) is 23.7 Å². The van der Waals surface area contributed by atoms with E-state index in [2.05, 4.69) is 5.32 Å². The lowest BCUT2D eigenvalue weighted by molar-refractivity contribution is -0.129. The first kappa shape index (κ1) is 17.4. The second kappa shape index (κ2) is 7.66. The molecule has 0 aliphatic carbocycles. The van der Waals surface area contributed by atoms with E-state index in [1.807, 2.05) is 12.1 Å². The third-order valence-corrected chi connectivity index (χ3v) is 4.53. The van der Waals surface area contributed by atoms with Gasteiger partial charge >= 0.3 is 0 Å². The van der Waals surface area contributed by atoms with Crippen molar-refractivity contribution >= 4 is 23.4 Å². The van der Waals surface area contributed by atoms with E-state index >= 15 is 0 Å². The van der Waals surface area contributed by atoms with E-state index in [-0.39, 0.29) is 30.6 Å². The van der Waals surface area contributed by atoms with Crippen molar-refractivity contribution in [2.24, 2.45) is 5.92 Å². The van der Waals surface area contributed by atoms with Crippen LogP contribution in [-0.2, 0) is 22.7 Å². The number of halogens is 2. The van der Waals surface area contributed by atoms with Crippen LogP contribution in [0.5, 0.6) is 0 Å². The minimum atomic E-state index is -0.411. The lowest BCUT2D eigenvalue weighted by Crippen LogP contribution is -2.32. The molecular weight excluding hydrogens is 343 g/mol. The summed E-state index contributed by atoms with van der Waals surface area (Å²) in [5.41, 5.74) is 1.39. The first-order valence-corrected chi connectivity index (χ1v) is 8.44. The molecule has 0 radical (unpaired) electrons. The number of amides is 2. The maximum Gasteiger partial charge on any atom is 0.225 e. The molecule has 1 atom stereocenters. The first-order chi connectivity index (χ1) is 12.0. The van der Waals surface area contributed by atoms with Gasteiger partial charge in [0.25, 0.3) is 0 Å². The van der Waals surface area contributed by atoms with Gasteiger partial charge in [-0.1, -0.05) is 41.9 Å². The van der Waals surface area contributed by atoms with Gasteiger partial charge in [-0.15, -0.1) is 0 Å². The van der Waals surface area contributed by atoms with Crippen LogP contribution in [0, 0.1) is 11.7 Å². The summed E-state index contributed by atoms with van der Waals surface area (Å²) in [6.07, 6.45) is 0.177. The Kier molecular flexibility index (Phi) is 5.34. The summed E-state index contributed by atoms with van der Waals surface area (Å²) in [6.45, 7) is 0.936. The van der Waals surface area contributed by atoms with E-state index in [9.17, 15) is 14.0 Å². The van der Waals surface area contributed by atoms with Gasteiger partial charge in [-0.05, 0) is 23.8 Å². The Bertz CT molecular complexity index is 779. The maximum atomic E-state index is 13.6. The molecular formula is C19H18ClFN2O2. The molecule has 0 spiro atoms. The number of likely N-dealkylation sites (tertiary alicyclic amines) is 1. The van der Waals surface area contributed by atoms with Crippen LogP contribution in [0.15, 0.2) is 48.5 Å². The van der Waals surface area contributed by atoms with Crippen molar-refractivity contribution in [3.8, 4) is 0 Å². The predicted octanol–water partition coefficient (Wildman–Crippen LogP) is 3.14. The SMILES string of the molecule is O=C(NCc1ccccc1F)C1CC(=O)N(Cc2ccc(Cl)cc2)C1. The largest absolute Gasteiger partial charge is 0.352 e. The number of carbonyl (C=O) groups excluding carboxylic acids is 2. The highest BCUT2D eigenvalue weighted by molar-refractivity contribution is 6.30. The van der Waals surface area contributed by atoms with Gasteiger partial charge in [-0.3, -0.25) is 9.59 Å². The summed E-state index contributed by atoms with van der Waals surface area (Å²) in [7, 11) is 0. The molecule has 130 valence electrons. The Morgan fingerprint density at radius 1 is 1.20 bits per heavy atom. The van der Waals surface area contributed by atoms with Gasteiger partial charge in [0.2, 0.25) is 11.8 Å². The fraction of sp³-hybridized carbons (Fsp3) is 0.263. The third kappa shape index (κ3) is 4.37. The lowest BCUT2D eigenvalue weighted by Gasteiger charge is -2.17. The Morgan fingerprint density at radius 2 is 1.92 bits per heavy atom. The average molecular weight is 361 g/mol. The molecule has 0 bridgehead atoms. The number of nitrogens with one attached hydrogen (secondary N) is 1. The van der Waals surface area contributed by atoms with Crippen LogP contribution in [0.3, 0.4) is 0 Å². The molecule has 4 nitrogen and oxygen atoms in total. The van der Waals surface area contributed by atoms with E-state index in [4.69, 9.17) is 11.6 Å². The van der Waals surface area contributed by atoms with Crippen LogP contribution in [0.2, 0.25) is 5.02 Å². The molecule has 1 saturated heterocycles. The number of hydrogen-bond acceptors (Lipinski definition) is 2. The van der Waals surface area contributed by atoms with Gasteiger partial charge in [0.15, 0.2) is 0 Å². The molecule has 25 heavy (non-hydrogen) atoms. The van der Waals surface area contributed by atoms with E-state index in [0.717, 1.165) is 5.56 Å². The van der Waals surface area contributed by atoms with Crippen LogP contribution in [0.1, 0.15) is 17.5 Å². The van der Waals surface area contributed by atoms with Crippen molar-refractivity contribution < 1.29 is 14.0 Å². The van der Waals surface area contributed by atoms with Crippen molar-refractivity contribution in [2.45, 2.75) is 19.5 Å². The van der Waals surface area contributed by atoms with E-state index < -0.39 is 5.92 Å². The molecule has 2 aromatic carbocycles. The molecule has 0 saturated carbocycles. The monoisotopic (exact) mass is 360 g/mol. The Balaban J connectivity index is 1.55. The molecule has 1 aliphatic rings. The number of benzene rings is 2. The lowest BCUT2D eigenvalue weighted by atomic mass is 10.1. The molecule has 1 aliphatic heterocycles. The second-order valence-electron chi connectivity index (χ2n) is 6.11. The summed E-state index contributed by atoms with van der Waals surface area (Å²) in [5.74, 6) is -1.04. The van der Waals surface area contributed by atoms with Crippen molar-refractivity contribution in [3.05, 3.63) is 70.5 Å². The van der Waals surface area contributed by atoms with Gasteiger partial charge in [0, 0.05) is 36.6 Å². The number of nitrogens with zero attached hydrogens (tertiary/aromatic N) is 1. The zero-order valence-corrected chi connectivity index (χ0v) is 14.3. The molecule has 2 aromatic rings. The molecule has 1 heterocycles. The Labute approximate surface area is 150 Å². The molecule has 0 aromatic heterocycles. The Hall–Kier alpha value is -2.40. The number of carbonyl (C=O) groups is 2. The van der Waals surface area contributed by atoms with Crippen molar-refractivity contribution in [1.82, 2.24) is 10.2 Å². The van der Waals surface area contributed by atoms with Gasteiger partial charge in [-0.2, -0.15) is 0 Å². The van der Waals surface area contributed by atoms with E-state index in [1.165, 1.54) is 6.07 Å². The van der Waals surface area contributed by atoms with Crippen LogP contribution < -0.4 is 5.32 Å². The first-order valence-electron chi connectivity index (χ1n) is 8.06. The molecule has 1 N–H and O–H groups in total. The third-order valence-electron chi connectivity index (χ3n) is 4.28. The summed E-state index contributed by atoms with van der Waals surface area (Å²) in [5, 5.41) is 3.36. The standard InChI is InChI=1S/C19H18ClFN2O2/c20-16-7-5-13(6-8-16)11-23-12-15(9-18(23)24)19(25)22-10-14-3-1-2-4-17(14)21/h1-8,15H,9-12H2,(H,22,25). The highest BCUT2D eigenvalue weighted by Crippen LogP contribution is 2.21. The van der Waals surface area contributed by atoms with Gasteiger partial charge < -0.3 is 10.2 Å². The maximum absolute atomic E-state index is 13.6. The zero-order chi connectivity index (χ0) is 17.8. The highest BCUT2D eigenvalue weighted by Gasteiger charge is 2.34. The minimum Gasteiger partial charge on any atom is -0.352 e. The summed E-state index contributed by atoms with van der Waals surface area (Å²) in [6, 6.07) is 13.6. The smallest absolute Gasteiger partial charge is 0.225 e. The fourth-order valence-electron chi connectivity index (χ4n) is 2.88. The topological polar surface area (TPSA) is 49.4 Å². The Morgan fingerprint density at radius 3 is 2.64 bits per heavy atom. The average Bonchev–Trinajstić information content (AvgIpc) is 2.97. The molecule has 1 fully saturated rings. The van der Waals surface area contributed by atoms with Crippen LogP contribution in [0.4, 0.5) is 4.39 Å². The van der Waals surface area contributed by atoms with Gasteiger partial charge in [-0.25, -0.2) is 4.39 Å².